The van der Waals surface area contributed by atoms with Crippen molar-refractivity contribution in [2.24, 2.45) is 0 Å². The van der Waals surface area contributed by atoms with Gasteiger partial charge in [0.25, 0.3) is 0 Å². The average molecular weight is 264 g/mol. The standard InChI is InChI=1S/C14H13FO2S/c1-11-5-2-3-8-14(11)13-7-4-6-12(9-13)10-18(15,16)17/h2-9H,10H2,1H3. The van der Waals surface area contributed by atoms with Crippen LogP contribution in [0.4, 0.5) is 3.89 Å². The van der Waals surface area contributed by atoms with Gasteiger partial charge in [-0.05, 0) is 29.2 Å². The van der Waals surface area contributed by atoms with Crippen molar-refractivity contribution < 1.29 is 12.3 Å². The van der Waals surface area contributed by atoms with Crippen molar-refractivity contribution in [3.05, 3.63) is 59.7 Å². The summed E-state index contributed by atoms with van der Waals surface area (Å²) >= 11 is 0. The Morgan fingerprint density at radius 2 is 1.78 bits per heavy atom. The molecule has 2 aromatic rings. The first kappa shape index (κ1) is 12.8. The summed E-state index contributed by atoms with van der Waals surface area (Å²) in [6, 6.07) is 14.7. The van der Waals surface area contributed by atoms with Crippen LogP contribution in [0.5, 0.6) is 0 Å². The monoisotopic (exact) mass is 264 g/mol. The van der Waals surface area contributed by atoms with Crippen LogP contribution in [0.15, 0.2) is 48.5 Å². The highest BCUT2D eigenvalue weighted by molar-refractivity contribution is 7.85. The molecular formula is C14H13FO2S. The first-order chi connectivity index (χ1) is 8.46. The Labute approximate surface area is 106 Å². The Hall–Kier alpha value is -1.68. The quantitative estimate of drug-likeness (QED) is 0.796. The van der Waals surface area contributed by atoms with E-state index in [1.165, 1.54) is 0 Å². The highest BCUT2D eigenvalue weighted by atomic mass is 32.3. The van der Waals surface area contributed by atoms with Gasteiger partial charge in [0, 0.05) is 0 Å². The fraction of sp³-hybridized carbons (Fsp3) is 0.143. The fourth-order valence-electron chi connectivity index (χ4n) is 1.92. The lowest BCUT2D eigenvalue weighted by atomic mass is 9.99. The molecule has 4 heteroatoms. The second kappa shape index (κ2) is 4.90. The van der Waals surface area contributed by atoms with Gasteiger partial charge in [-0.1, -0.05) is 48.5 Å². The zero-order valence-corrected chi connectivity index (χ0v) is 10.7. The van der Waals surface area contributed by atoms with E-state index in [0.29, 0.717) is 5.56 Å². The van der Waals surface area contributed by atoms with E-state index in [9.17, 15) is 12.3 Å². The summed E-state index contributed by atoms with van der Waals surface area (Å²) in [5.74, 6) is -0.577. The van der Waals surface area contributed by atoms with Crippen LogP contribution in [-0.2, 0) is 16.0 Å². The molecule has 94 valence electrons. The molecule has 0 amide bonds. The van der Waals surface area contributed by atoms with Gasteiger partial charge in [-0.2, -0.15) is 8.42 Å². The van der Waals surface area contributed by atoms with Crippen molar-refractivity contribution in [1.82, 2.24) is 0 Å². The Bertz CT molecular complexity index is 663. The van der Waals surface area contributed by atoms with Crippen molar-refractivity contribution in [2.75, 3.05) is 0 Å². The van der Waals surface area contributed by atoms with E-state index in [4.69, 9.17) is 0 Å². The van der Waals surface area contributed by atoms with Crippen LogP contribution in [0.1, 0.15) is 11.1 Å². The molecule has 2 nitrogen and oxygen atoms in total. The smallest absolute Gasteiger partial charge is 0.194 e. The highest BCUT2D eigenvalue weighted by Gasteiger charge is 2.10. The van der Waals surface area contributed by atoms with Gasteiger partial charge in [-0.25, -0.2) is 0 Å². The molecule has 0 spiro atoms. The first-order valence-electron chi connectivity index (χ1n) is 5.53. The van der Waals surface area contributed by atoms with Crippen LogP contribution in [0.3, 0.4) is 0 Å². The fourth-order valence-corrected chi connectivity index (χ4v) is 2.50. The Balaban J connectivity index is 2.42. The summed E-state index contributed by atoms with van der Waals surface area (Å²) in [6.45, 7) is 1.98. The van der Waals surface area contributed by atoms with Crippen molar-refractivity contribution in [1.29, 1.82) is 0 Å². The SMILES string of the molecule is Cc1ccccc1-c1cccc(CS(=O)(=O)F)c1. The number of hydrogen-bond acceptors (Lipinski definition) is 2. The topological polar surface area (TPSA) is 34.1 Å². The molecule has 0 heterocycles. The number of hydrogen-bond donors (Lipinski definition) is 0. The predicted molar refractivity (Wildman–Crippen MR) is 70.3 cm³/mol. The molecule has 0 fully saturated rings. The minimum atomic E-state index is -4.49. The van der Waals surface area contributed by atoms with E-state index >= 15 is 0 Å². The lowest BCUT2D eigenvalue weighted by Crippen LogP contribution is -1.96. The van der Waals surface area contributed by atoms with E-state index in [-0.39, 0.29) is 0 Å². The molecule has 0 aliphatic carbocycles. The summed E-state index contributed by atoms with van der Waals surface area (Å²) in [5.41, 5.74) is 3.47. The Morgan fingerprint density at radius 1 is 1.06 bits per heavy atom. The lowest BCUT2D eigenvalue weighted by Gasteiger charge is -2.07. The van der Waals surface area contributed by atoms with Crippen LogP contribution < -0.4 is 0 Å². The van der Waals surface area contributed by atoms with E-state index in [2.05, 4.69) is 0 Å². The molecular weight excluding hydrogens is 251 g/mol. The summed E-state index contributed by atoms with van der Waals surface area (Å²) < 4.78 is 34.0. The lowest BCUT2D eigenvalue weighted by molar-refractivity contribution is 0.551. The van der Waals surface area contributed by atoms with Gasteiger partial charge in [0.2, 0.25) is 0 Å². The van der Waals surface area contributed by atoms with Gasteiger partial charge in [-0.3, -0.25) is 0 Å². The Kier molecular flexibility index (Phi) is 3.48. The minimum absolute atomic E-state index is 0.457. The van der Waals surface area contributed by atoms with Crippen LogP contribution in [0.25, 0.3) is 11.1 Å². The predicted octanol–water partition coefficient (Wildman–Crippen LogP) is 3.46. The average Bonchev–Trinajstić information content (AvgIpc) is 2.27. The molecule has 18 heavy (non-hydrogen) atoms. The summed E-state index contributed by atoms with van der Waals surface area (Å²) in [6.07, 6.45) is 0. The van der Waals surface area contributed by atoms with E-state index in [1.807, 2.05) is 37.3 Å². The maximum absolute atomic E-state index is 12.7. The first-order valence-corrected chi connectivity index (χ1v) is 7.08. The molecule has 0 radical (unpaired) electrons. The number of benzene rings is 2. The molecule has 0 aromatic heterocycles. The van der Waals surface area contributed by atoms with Crippen LogP contribution in [0.2, 0.25) is 0 Å². The van der Waals surface area contributed by atoms with Crippen molar-refractivity contribution in [3.63, 3.8) is 0 Å². The number of aryl methyl sites for hydroxylation is 1. The van der Waals surface area contributed by atoms with Gasteiger partial charge >= 0.3 is 10.2 Å². The van der Waals surface area contributed by atoms with E-state index in [0.717, 1.165) is 16.7 Å². The maximum atomic E-state index is 12.7. The molecule has 0 aliphatic rings. The van der Waals surface area contributed by atoms with E-state index in [1.54, 1.807) is 18.2 Å². The second-order valence-electron chi connectivity index (χ2n) is 4.20. The largest absolute Gasteiger partial charge is 0.306 e. The summed E-state index contributed by atoms with van der Waals surface area (Å²) in [4.78, 5) is 0. The number of rotatable bonds is 3. The maximum Gasteiger partial charge on any atom is 0.306 e. The van der Waals surface area contributed by atoms with Gasteiger partial charge in [-0.15, -0.1) is 3.89 Å². The molecule has 0 atom stereocenters. The third-order valence-electron chi connectivity index (χ3n) is 2.72. The van der Waals surface area contributed by atoms with Crippen molar-refractivity contribution in [2.45, 2.75) is 12.7 Å². The molecule has 0 saturated carbocycles. The minimum Gasteiger partial charge on any atom is -0.194 e. The molecule has 2 aromatic carbocycles. The summed E-state index contributed by atoms with van der Waals surface area (Å²) in [7, 11) is -4.49. The van der Waals surface area contributed by atoms with E-state index < -0.39 is 16.0 Å². The normalized spacial score (nSPS) is 11.4. The third kappa shape index (κ3) is 3.17. The van der Waals surface area contributed by atoms with Crippen molar-refractivity contribution in [3.8, 4) is 11.1 Å². The van der Waals surface area contributed by atoms with Crippen LogP contribution in [-0.4, -0.2) is 8.42 Å². The highest BCUT2D eigenvalue weighted by Crippen LogP contribution is 2.24. The molecule has 0 saturated heterocycles. The van der Waals surface area contributed by atoms with Gasteiger partial charge in [0.1, 0.15) is 5.75 Å². The third-order valence-corrected chi connectivity index (χ3v) is 3.40. The number of halogens is 1. The molecule has 0 N–H and O–H groups in total. The van der Waals surface area contributed by atoms with Gasteiger partial charge in [0.15, 0.2) is 0 Å². The van der Waals surface area contributed by atoms with Gasteiger partial charge in [0.05, 0.1) is 0 Å². The molecule has 2 rings (SSSR count). The molecule has 0 bridgehead atoms. The van der Waals surface area contributed by atoms with Gasteiger partial charge < -0.3 is 0 Å². The molecule has 0 aliphatic heterocycles. The second-order valence-corrected chi connectivity index (χ2v) is 5.56. The van der Waals surface area contributed by atoms with Crippen LogP contribution in [0, 0.1) is 6.92 Å². The van der Waals surface area contributed by atoms with Crippen LogP contribution >= 0.6 is 0 Å². The molecule has 0 unspecified atom stereocenters. The zero-order chi connectivity index (χ0) is 13.2. The Morgan fingerprint density at radius 3 is 2.44 bits per heavy atom. The van der Waals surface area contributed by atoms with Crippen molar-refractivity contribution >= 4 is 10.2 Å². The zero-order valence-electron chi connectivity index (χ0n) is 9.93. The summed E-state index contributed by atoms with van der Waals surface area (Å²) in [5, 5.41) is 0.